The van der Waals surface area contributed by atoms with E-state index in [9.17, 15) is 31.1 Å². The molecular weight excluding hydrogens is 532 g/mol. The predicted octanol–water partition coefficient (Wildman–Crippen LogP) is 8.44. The van der Waals surface area contributed by atoms with E-state index in [1.54, 1.807) is 13.0 Å². The fourth-order valence-corrected chi connectivity index (χ4v) is 5.24. The summed E-state index contributed by atoms with van der Waals surface area (Å²) in [4.78, 5) is 14.5. The number of likely N-dealkylation sites (tertiary alicyclic amines) is 1. The molecule has 0 radical (unpaired) electrons. The van der Waals surface area contributed by atoms with Gasteiger partial charge in [-0.25, -0.2) is 0 Å². The highest BCUT2D eigenvalue weighted by molar-refractivity contribution is 5.74. The van der Waals surface area contributed by atoms with E-state index in [-0.39, 0.29) is 31.0 Å². The van der Waals surface area contributed by atoms with Gasteiger partial charge in [0.05, 0.1) is 24.2 Å². The fourth-order valence-electron chi connectivity index (χ4n) is 5.24. The summed E-state index contributed by atoms with van der Waals surface area (Å²) in [7, 11) is 0. The summed E-state index contributed by atoms with van der Waals surface area (Å²) in [6.07, 6.45) is -7.06. The third-order valence-corrected chi connectivity index (χ3v) is 7.41. The summed E-state index contributed by atoms with van der Waals surface area (Å²) < 4.78 is 83.4. The molecule has 0 spiro atoms. The Morgan fingerprint density at radius 3 is 2.08 bits per heavy atom. The van der Waals surface area contributed by atoms with Crippen LogP contribution in [0.4, 0.5) is 26.3 Å². The Bertz CT molecular complexity index is 1300. The summed E-state index contributed by atoms with van der Waals surface area (Å²) >= 11 is 0. The Balaban J connectivity index is 1.61. The Morgan fingerprint density at radius 1 is 0.900 bits per heavy atom. The van der Waals surface area contributed by atoms with E-state index in [4.69, 9.17) is 4.74 Å². The molecule has 1 aliphatic heterocycles. The number of carbonyl (C=O) groups is 1. The van der Waals surface area contributed by atoms with Gasteiger partial charge in [-0.15, -0.1) is 0 Å². The normalized spacial score (nSPS) is 17.4. The third kappa shape index (κ3) is 7.24. The lowest BCUT2D eigenvalue weighted by Crippen LogP contribution is -2.36. The molecule has 0 bridgehead atoms. The highest BCUT2D eigenvalue weighted by Gasteiger charge is 2.32. The Morgan fingerprint density at radius 2 is 1.50 bits per heavy atom. The van der Waals surface area contributed by atoms with Crippen LogP contribution in [0, 0.1) is 0 Å². The number of ether oxygens (including phenoxy) is 1. The molecule has 1 saturated heterocycles. The molecule has 214 valence electrons. The van der Waals surface area contributed by atoms with Crippen LogP contribution in [0.25, 0.3) is 11.1 Å². The second-order valence-corrected chi connectivity index (χ2v) is 10.2. The number of halogens is 6. The summed E-state index contributed by atoms with van der Waals surface area (Å²) in [5.41, 5.74) is 2.34. The molecule has 0 N–H and O–H groups in total. The van der Waals surface area contributed by atoms with Gasteiger partial charge < -0.3 is 4.74 Å². The van der Waals surface area contributed by atoms with Crippen LogP contribution < -0.4 is 0 Å². The number of hydrogen-bond acceptors (Lipinski definition) is 3. The highest BCUT2D eigenvalue weighted by Crippen LogP contribution is 2.37. The molecule has 1 aliphatic rings. The van der Waals surface area contributed by atoms with Crippen LogP contribution in [0.15, 0.2) is 66.7 Å². The molecule has 40 heavy (non-hydrogen) atoms. The van der Waals surface area contributed by atoms with E-state index >= 15 is 0 Å². The molecule has 2 unspecified atom stereocenters. The van der Waals surface area contributed by atoms with Crippen LogP contribution in [0.1, 0.15) is 66.5 Å². The minimum atomic E-state index is -4.44. The van der Waals surface area contributed by atoms with Gasteiger partial charge in [0.15, 0.2) is 0 Å². The van der Waals surface area contributed by atoms with Crippen molar-refractivity contribution >= 4 is 5.97 Å². The summed E-state index contributed by atoms with van der Waals surface area (Å²) in [5.74, 6) is -0.319. The molecule has 1 fully saturated rings. The molecule has 4 rings (SSSR count). The number of piperidine rings is 1. The molecule has 0 aromatic heterocycles. The quantitative estimate of drug-likeness (QED) is 0.213. The fraction of sp³-hybridized carbons (Fsp3) is 0.387. The molecule has 0 saturated carbocycles. The van der Waals surface area contributed by atoms with Gasteiger partial charge in [-0.3, -0.25) is 9.69 Å². The van der Waals surface area contributed by atoms with E-state index in [2.05, 4.69) is 4.90 Å². The lowest BCUT2D eigenvalue weighted by Gasteiger charge is -2.37. The Labute approximate surface area is 229 Å². The molecule has 9 heteroatoms. The number of benzene rings is 3. The maximum atomic E-state index is 13.1. The lowest BCUT2D eigenvalue weighted by atomic mass is 9.86. The second-order valence-electron chi connectivity index (χ2n) is 10.2. The van der Waals surface area contributed by atoms with Gasteiger partial charge in [0.1, 0.15) is 0 Å². The van der Waals surface area contributed by atoms with E-state index in [1.807, 2.05) is 19.1 Å². The number of rotatable bonds is 7. The van der Waals surface area contributed by atoms with Gasteiger partial charge in [-0.05, 0) is 91.2 Å². The zero-order valence-electron chi connectivity index (χ0n) is 22.3. The van der Waals surface area contributed by atoms with Crippen molar-refractivity contribution in [2.75, 3.05) is 19.7 Å². The van der Waals surface area contributed by atoms with E-state index in [0.717, 1.165) is 54.8 Å². The second kappa shape index (κ2) is 12.0. The van der Waals surface area contributed by atoms with Crippen LogP contribution in [-0.2, 0) is 28.3 Å². The molecular formula is C31H31F6NO2. The number of nitrogens with zero attached hydrogens (tertiary/aromatic N) is 1. The maximum absolute atomic E-state index is 13.1. The largest absolute Gasteiger partial charge is 0.466 e. The van der Waals surface area contributed by atoms with Crippen LogP contribution in [0.2, 0.25) is 0 Å². The minimum absolute atomic E-state index is 0.0354. The number of alkyl halides is 6. The van der Waals surface area contributed by atoms with Gasteiger partial charge >= 0.3 is 18.3 Å². The topological polar surface area (TPSA) is 29.5 Å². The number of carbonyl (C=O) groups excluding carboxylic acids is 1. The van der Waals surface area contributed by atoms with Crippen molar-refractivity contribution in [3.05, 3.63) is 94.5 Å². The van der Waals surface area contributed by atoms with Gasteiger partial charge in [0.2, 0.25) is 0 Å². The molecule has 1 heterocycles. The van der Waals surface area contributed by atoms with Gasteiger partial charge in [0.25, 0.3) is 0 Å². The first kappa shape index (κ1) is 29.6. The predicted molar refractivity (Wildman–Crippen MR) is 141 cm³/mol. The van der Waals surface area contributed by atoms with Gasteiger partial charge in [-0.1, -0.05) is 42.5 Å². The first-order chi connectivity index (χ1) is 18.8. The Kier molecular flexibility index (Phi) is 8.93. The van der Waals surface area contributed by atoms with Crippen molar-refractivity contribution in [2.45, 2.75) is 57.4 Å². The van der Waals surface area contributed by atoms with Gasteiger partial charge in [-0.2, -0.15) is 26.3 Å². The van der Waals surface area contributed by atoms with Crippen molar-refractivity contribution in [2.24, 2.45) is 0 Å². The zero-order chi connectivity index (χ0) is 29.1. The Hall–Kier alpha value is -3.33. The van der Waals surface area contributed by atoms with Crippen LogP contribution in [-0.4, -0.2) is 30.6 Å². The van der Waals surface area contributed by atoms with Crippen molar-refractivity contribution < 1.29 is 35.9 Å². The van der Waals surface area contributed by atoms with Crippen molar-refractivity contribution in [1.82, 2.24) is 4.90 Å². The van der Waals surface area contributed by atoms with Crippen molar-refractivity contribution in [1.29, 1.82) is 0 Å². The first-order valence-electron chi connectivity index (χ1n) is 13.2. The van der Waals surface area contributed by atoms with E-state index < -0.39 is 23.5 Å². The first-order valence-corrected chi connectivity index (χ1v) is 13.2. The molecule has 2 atom stereocenters. The minimum Gasteiger partial charge on any atom is -0.466 e. The molecule has 0 aliphatic carbocycles. The highest BCUT2D eigenvalue weighted by atomic mass is 19.4. The average Bonchev–Trinajstić information content (AvgIpc) is 2.92. The summed E-state index contributed by atoms with van der Waals surface area (Å²) in [6.45, 7) is 5.36. The van der Waals surface area contributed by atoms with Crippen LogP contribution in [0.5, 0.6) is 0 Å². The number of hydrogen-bond donors (Lipinski definition) is 0. The average molecular weight is 564 g/mol. The smallest absolute Gasteiger partial charge is 0.416 e. The molecule has 0 amide bonds. The van der Waals surface area contributed by atoms with Crippen LogP contribution >= 0.6 is 0 Å². The number of esters is 1. The molecule has 3 aromatic carbocycles. The van der Waals surface area contributed by atoms with Crippen molar-refractivity contribution in [3.63, 3.8) is 0 Å². The van der Waals surface area contributed by atoms with E-state index in [1.165, 1.54) is 24.3 Å². The third-order valence-electron chi connectivity index (χ3n) is 7.41. The summed E-state index contributed by atoms with van der Waals surface area (Å²) in [6, 6.07) is 15.8. The summed E-state index contributed by atoms with van der Waals surface area (Å²) in [5, 5.41) is 0. The van der Waals surface area contributed by atoms with Crippen LogP contribution in [0.3, 0.4) is 0 Å². The maximum Gasteiger partial charge on any atom is 0.416 e. The monoisotopic (exact) mass is 563 g/mol. The van der Waals surface area contributed by atoms with Crippen molar-refractivity contribution in [3.8, 4) is 11.1 Å². The lowest BCUT2D eigenvalue weighted by molar-refractivity contribution is -0.142. The SMILES string of the molecule is CCOC(=O)Cc1cc(-c2ccc(C(F)(F)F)cc2)cc(C2CCCN(C(C)c3ccc(C(F)(F)F)cc3)C2)c1. The molecule has 3 aromatic rings. The molecule has 3 nitrogen and oxygen atoms in total. The zero-order valence-corrected chi connectivity index (χ0v) is 22.3. The van der Waals surface area contributed by atoms with E-state index in [0.29, 0.717) is 23.2 Å². The van der Waals surface area contributed by atoms with Gasteiger partial charge in [0, 0.05) is 12.6 Å². The standard InChI is InChI=1S/C31H31F6NO2/c1-3-40-29(39)17-21-15-25(23-8-12-28(13-9-23)31(35,36)37)18-26(16-21)24-5-4-14-38(19-24)20(2)22-6-10-27(11-7-22)30(32,33)34/h6-13,15-16,18,20,24H,3-5,14,17,19H2,1-2H3.